The summed E-state index contributed by atoms with van der Waals surface area (Å²) in [4.78, 5) is 24.8. The van der Waals surface area contributed by atoms with Crippen LogP contribution < -0.4 is 4.74 Å². The van der Waals surface area contributed by atoms with Crippen molar-refractivity contribution < 1.29 is 18.7 Å². The Kier molecular flexibility index (Phi) is 5.13. The van der Waals surface area contributed by atoms with Crippen LogP contribution in [0.1, 0.15) is 48.0 Å². The molecule has 0 aliphatic heterocycles. The third-order valence-electron chi connectivity index (χ3n) is 4.75. The van der Waals surface area contributed by atoms with Gasteiger partial charge in [-0.3, -0.25) is 4.79 Å². The van der Waals surface area contributed by atoms with Gasteiger partial charge in [0.25, 0.3) is 0 Å². The van der Waals surface area contributed by atoms with Gasteiger partial charge < -0.3 is 4.74 Å². The molecule has 0 aromatic heterocycles. The number of rotatable bonds is 4. The first-order valence-corrected chi connectivity index (χ1v) is 8.58. The lowest BCUT2D eigenvalue weighted by atomic mass is 9.75. The molecular formula is C21H18FNO3. The van der Waals surface area contributed by atoms with Crippen molar-refractivity contribution >= 4 is 11.8 Å². The third-order valence-corrected chi connectivity index (χ3v) is 4.75. The van der Waals surface area contributed by atoms with Crippen molar-refractivity contribution in [2.24, 2.45) is 5.41 Å². The first-order valence-electron chi connectivity index (χ1n) is 8.58. The molecule has 0 spiro atoms. The zero-order chi connectivity index (χ0) is 18.6. The molecule has 0 saturated heterocycles. The second kappa shape index (κ2) is 7.49. The van der Waals surface area contributed by atoms with Crippen LogP contribution in [0.3, 0.4) is 0 Å². The summed E-state index contributed by atoms with van der Waals surface area (Å²) in [7, 11) is 0. The van der Waals surface area contributed by atoms with Crippen molar-refractivity contribution in [1.29, 1.82) is 5.26 Å². The molecule has 1 aliphatic rings. The lowest BCUT2D eigenvalue weighted by Gasteiger charge is -2.27. The summed E-state index contributed by atoms with van der Waals surface area (Å²) >= 11 is 0. The van der Waals surface area contributed by atoms with E-state index in [1.54, 1.807) is 12.1 Å². The number of carbonyl (C=O) groups is 2. The van der Waals surface area contributed by atoms with Crippen LogP contribution in [0.15, 0.2) is 48.5 Å². The van der Waals surface area contributed by atoms with Crippen LogP contribution in [0, 0.1) is 22.6 Å². The Bertz CT molecular complexity index is 844. The molecule has 3 rings (SSSR count). The van der Waals surface area contributed by atoms with E-state index in [-0.39, 0.29) is 5.78 Å². The summed E-state index contributed by atoms with van der Waals surface area (Å²) in [6.45, 7) is 0. The van der Waals surface area contributed by atoms with Crippen LogP contribution in [0.4, 0.5) is 4.39 Å². The Hall–Kier alpha value is -3.00. The molecule has 0 radical (unpaired) electrons. The van der Waals surface area contributed by atoms with Gasteiger partial charge >= 0.3 is 5.97 Å². The molecule has 5 heteroatoms. The highest BCUT2D eigenvalue weighted by atomic mass is 19.1. The number of ketones is 1. The molecule has 0 N–H and O–H groups in total. The molecule has 1 aliphatic carbocycles. The van der Waals surface area contributed by atoms with E-state index in [4.69, 9.17) is 4.74 Å². The fourth-order valence-electron chi connectivity index (χ4n) is 3.16. The van der Waals surface area contributed by atoms with Crippen LogP contribution in [-0.4, -0.2) is 11.8 Å². The van der Waals surface area contributed by atoms with Crippen LogP contribution in [0.5, 0.6) is 5.75 Å². The standard InChI is InChI=1S/C21H18FNO3/c22-17-8-4-15(5-9-17)19(24)16-6-10-18(11-7-16)26-20(25)21(14-23)12-2-1-3-13-21/h4-11H,1-3,12-13H2. The summed E-state index contributed by atoms with van der Waals surface area (Å²) in [6.07, 6.45) is 3.74. The molecule has 0 unspecified atom stereocenters. The lowest BCUT2D eigenvalue weighted by Crippen LogP contribution is -2.35. The molecule has 132 valence electrons. The minimum atomic E-state index is -1.07. The summed E-state index contributed by atoms with van der Waals surface area (Å²) < 4.78 is 18.3. The molecule has 2 aromatic carbocycles. The van der Waals surface area contributed by atoms with Crippen molar-refractivity contribution in [3.63, 3.8) is 0 Å². The van der Waals surface area contributed by atoms with Crippen LogP contribution >= 0.6 is 0 Å². The normalized spacial score (nSPS) is 15.7. The van der Waals surface area contributed by atoms with E-state index < -0.39 is 17.2 Å². The number of esters is 1. The number of halogens is 1. The molecular weight excluding hydrogens is 333 g/mol. The minimum Gasteiger partial charge on any atom is -0.425 e. The monoisotopic (exact) mass is 351 g/mol. The van der Waals surface area contributed by atoms with Gasteiger partial charge in [0.1, 0.15) is 11.6 Å². The average Bonchev–Trinajstić information content (AvgIpc) is 2.69. The van der Waals surface area contributed by atoms with Crippen molar-refractivity contribution in [3.8, 4) is 11.8 Å². The molecule has 1 saturated carbocycles. The summed E-state index contributed by atoms with van der Waals surface area (Å²) in [5, 5.41) is 9.43. The number of nitriles is 1. The minimum absolute atomic E-state index is 0.247. The molecule has 2 aromatic rings. The molecule has 0 heterocycles. The van der Waals surface area contributed by atoms with Crippen molar-refractivity contribution in [3.05, 3.63) is 65.5 Å². The van der Waals surface area contributed by atoms with Crippen molar-refractivity contribution in [1.82, 2.24) is 0 Å². The number of benzene rings is 2. The zero-order valence-corrected chi connectivity index (χ0v) is 14.2. The number of hydrogen-bond donors (Lipinski definition) is 0. The second-order valence-corrected chi connectivity index (χ2v) is 6.50. The first kappa shape index (κ1) is 17.8. The first-order chi connectivity index (χ1) is 12.5. The molecule has 0 atom stereocenters. The maximum Gasteiger partial charge on any atom is 0.331 e. The van der Waals surface area contributed by atoms with Crippen molar-refractivity contribution in [2.45, 2.75) is 32.1 Å². The number of ether oxygens (including phenoxy) is 1. The third kappa shape index (κ3) is 3.65. The van der Waals surface area contributed by atoms with E-state index in [1.165, 1.54) is 36.4 Å². The van der Waals surface area contributed by atoms with Gasteiger partial charge in [-0.25, -0.2) is 9.18 Å². The van der Waals surface area contributed by atoms with Crippen LogP contribution in [0.2, 0.25) is 0 Å². The van der Waals surface area contributed by atoms with Gasteiger partial charge in [0.2, 0.25) is 0 Å². The van der Waals surface area contributed by atoms with Gasteiger partial charge in [-0.1, -0.05) is 19.3 Å². The zero-order valence-electron chi connectivity index (χ0n) is 14.2. The van der Waals surface area contributed by atoms with Gasteiger partial charge in [-0.2, -0.15) is 5.26 Å². The summed E-state index contributed by atoms with van der Waals surface area (Å²) in [5.74, 6) is -0.884. The Morgan fingerprint density at radius 3 is 2.00 bits per heavy atom. The second-order valence-electron chi connectivity index (χ2n) is 6.50. The highest BCUT2D eigenvalue weighted by Crippen LogP contribution is 2.37. The van der Waals surface area contributed by atoms with E-state index in [0.29, 0.717) is 29.7 Å². The molecule has 1 fully saturated rings. The van der Waals surface area contributed by atoms with E-state index >= 15 is 0 Å². The van der Waals surface area contributed by atoms with E-state index in [9.17, 15) is 19.2 Å². The molecule has 26 heavy (non-hydrogen) atoms. The predicted octanol–water partition coefficient (Wildman–Crippen LogP) is 4.44. The van der Waals surface area contributed by atoms with Gasteiger partial charge in [0, 0.05) is 11.1 Å². The van der Waals surface area contributed by atoms with E-state index in [0.717, 1.165) is 19.3 Å². The van der Waals surface area contributed by atoms with Crippen molar-refractivity contribution in [2.75, 3.05) is 0 Å². The summed E-state index contributed by atoms with van der Waals surface area (Å²) in [5.41, 5.74) is -0.285. The lowest BCUT2D eigenvalue weighted by molar-refractivity contribution is -0.144. The van der Waals surface area contributed by atoms with Gasteiger partial charge in [-0.15, -0.1) is 0 Å². The van der Waals surface area contributed by atoms with Crippen LogP contribution in [-0.2, 0) is 4.79 Å². The van der Waals surface area contributed by atoms with Crippen LogP contribution in [0.25, 0.3) is 0 Å². The smallest absolute Gasteiger partial charge is 0.331 e. The fourth-order valence-corrected chi connectivity index (χ4v) is 3.16. The Morgan fingerprint density at radius 1 is 0.923 bits per heavy atom. The van der Waals surface area contributed by atoms with Gasteiger partial charge in [0.05, 0.1) is 6.07 Å². The Labute approximate surface area is 151 Å². The highest BCUT2D eigenvalue weighted by molar-refractivity contribution is 6.09. The number of carbonyl (C=O) groups excluding carboxylic acids is 2. The summed E-state index contributed by atoms with van der Waals surface area (Å²) in [6, 6.07) is 13.6. The Balaban J connectivity index is 1.71. The maximum absolute atomic E-state index is 13.0. The Morgan fingerprint density at radius 2 is 1.46 bits per heavy atom. The maximum atomic E-state index is 13.0. The molecule has 0 amide bonds. The number of hydrogen-bond acceptors (Lipinski definition) is 4. The molecule has 4 nitrogen and oxygen atoms in total. The quantitative estimate of drug-likeness (QED) is 0.464. The molecule has 0 bridgehead atoms. The SMILES string of the molecule is N#CC1(C(=O)Oc2ccc(C(=O)c3ccc(F)cc3)cc2)CCCCC1. The average molecular weight is 351 g/mol. The topological polar surface area (TPSA) is 67.2 Å². The van der Waals surface area contributed by atoms with E-state index in [1.807, 2.05) is 0 Å². The predicted molar refractivity (Wildman–Crippen MR) is 93.0 cm³/mol. The highest BCUT2D eigenvalue weighted by Gasteiger charge is 2.41. The van der Waals surface area contributed by atoms with E-state index in [2.05, 4.69) is 6.07 Å². The van der Waals surface area contributed by atoms with Gasteiger partial charge in [-0.05, 0) is 61.4 Å². The fraction of sp³-hybridized carbons (Fsp3) is 0.286. The number of nitrogens with zero attached hydrogens (tertiary/aromatic N) is 1. The largest absolute Gasteiger partial charge is 0.425 e. The van der Waals surface area contributed by atoms with Gasteiger partial charge in [0.15, 0.2) is 11.2 Å².